The molecule has 3 N–H and O–H groups in total. The molecule has 2 amide bonds. The van der Waals surface area contributed by atoms with Crippen molar-refractivity contribution in [2.24, 2.45) is 5.73 Å². The molecule has 8 heteroatoms. The van der Waals surface area contributed by atoms with E-state index in [9.17, 15) is 19.1 Å². The van der Waals surface area contributed by atoms with Crippen molar-refractivity contribution in [2.45, 2.75) is 18.9 Å². The molecule has 1 aliphatic rings. The van der Waals surface area contributed by atoms with Gasteiger partial charge >= 0.3 is 6.09 Å². The van der Waals surface area contributed by atoms with Gasteiger partial charge in [-0.25, -0.2) is 14.2 Å². The smallest absolute Gasteiger partial charge is 0.408 e. The maximum absolute atomic E-state index is 13.2. The molecule has 0 spiro atoms. The fraction of sp³-hybridized carbons (Fsp3) is 0.316. The molecule has 0 aliphatic carbocycles. The lowest BCUT2D eigenvalue weighted by molar-refractivity contribution is -0.119. The van der Waals surface area contributed by atoms with Crippen molar-refractivity contribution in [3.63, 3.8) is 0 Å². The Bertz CT molecular complexity index is 820. The molecule has 0 atom stereocenters. The van der Waals surface area contributed by atoms with Gasteiger partial charge in [-0.3, -0.25) is 9.69 Å². The minimum absolute atomic E-state index is 0.260. The zero-order chi connectivity index (χ0) is 19.4. The van der Waals surface area contributed by atoms with E-state index in [0.717, 1.165) is 21.8 Å². The Balaban J connectivity index is 1.76. The summed E-state index contributed by atoms with van der Waals surface area (Å²) in [5, 5.41) is 9.33. The minimum atomic E-state index is -1.14. The first-order chi connectivity index (χ1) is 13.0. The van der Waals surface area contributed by atoms with Crippen LogP contribution in [0.2, 0.25) is 0 Å². The monoisotopic (exact) mass is 372 g/mol. The normalized spacial score (nSPS) is 14.8. The number of carbonyl (C=O) groups is 2. The van der Waals surface area contributed by atoms with Gasteiger partial charge in [-0.1, -0.05) is 12.1 Å². The largest absolute Gasteiger partial charge is 0.465 e. The summed E-state index contributed by atoms with van der Waals surface area (Å²) in [4.78, 5) is 30.2. The second-order valence-electron chi connectivity index (χ2n) is 6.48. The van der Waals surface area contributed by atoms with Crippen LogP contribution in [0.15, 0.2) is 42.6 Å². The number of aromatic nitrogens is 1. The zero-order valence-electron chi connectivity index (χ0n) is 14.7. The summed E-state index contributed by atoms with van der Waals surface area (Å²) in [7, 11) is 0. The van der Waals surface area contributed by atoms with Crippen molar-refractivity contribution in [2.75, 3.05) is 24.5 Å². The van der Waals surface area contributed by atoms with Crippen LogP contribution >= 0.6 is 0 Å². The molecule has 27 heavy (non-hydrogen) atoms. The Morgan fingerprint density at radius 1 is 1.22 bits per heavy atom. The van der Waals surface area contributed by atoms with Crippen molar-refractivity contribution in [1.82, 2.24) is 9.88 Å². The SMILES string of the molecule is NC(=O)CN(C(=O)O)C1CCN(c2ncccc2-c2ccc(F)cc2)CC1. The number of anilines is 1. The lowest BCUT2D eigenvalue weighted by Crippen LogP contribution is -2.50. The van der Waals surface area contributed by atoms with Gasteiger partial charge in [0.15, 0.2) is 0 Å². The lowest BCUT2D eigenvalue weighted by Gasteiger charge is -2.37. The summed E-state index contributed by atoms with van der Waals surface area (Å²) in [6.45, 7) is 0.890. The number of amides is 2. The standard InChI is InChI=1S/C19H21FN4O3/c20-14-5-3-13(4-6-14)16-2-1-9-22-18(16)23-10-7-15(8-11-23)24(19(26)27)12-17(21)25/h1-6,9,15H,7-8,10-12H2,(H2,21,25)(H,26,27). The van der Waals surface area contributed by atoms with Gasteiger partial charge in [-0.15, -0.1) is 0 Å². The van der Waals surface area contributed by atoms with Crippen LogP contribution in [0.3, 0.4) is 0 Å². The van der Waals surface area contributed by atoms with Crippen LogP contribution in [0.4, 0.5) is 15.0 Å². The van der Waals surface area contributed by atoms with E-state index in [0.29, 0.717) is 25.9 Å². The van der Waals surface area contributed by atoms with Crippen LogP contribution in [-0.4, -0.2) is 52.7 Å². The average Bonchev–Trinajstić information content (AvgIpc) is 2.67. The molecule has 0 radical (unpaired) electrons. The maximum Gasteiger partial charge on any atom is 0.408 e. The molecule has 3 rings (SSSR count). The molecular weight excluding hydrogens is 351 g/mol. The highest BCUT2D eigenvalue weighted by Crippen LogP contribution is 2.31. The Morgan fingerprint density at radius 2 is 1.89 bits per heavy atom. The highest BCUT2D eigenvalue weighted by Gasteiger charge is 2.29. The summed E-state index contributed by atoms with van der Waals surface area (Å²) in [6.07, 6.45) is 1.69. The Kier molecular flexibility index (Phi) is 5.54. The number of carboxylic acid groups (broad SMARTS) is 1. The number of rotatable bonds is 5. The number of benzene rings is 1. The molecule has 2 aromatic rings. The van der Waals surface area contributed by atoms with E-state index in [4.69, 9.17) is 5.73 Å². The van der Waals surface area contributed by atoms with Crippen LogP contribution in [0.25, 0.3) is 11.1 Å². The van der Waals surface area contributed by atoms with E-state index in [1.165, 1.54) is 12.1 Å². The molecule has 0 unspecified atom stereocenters. The van der Waals surface area contributed by atoms with Gasteiger partial charge in [0.25, 0.3) is 0 Å². The van der Waals surface area contributed by atoms with Crippen molar-refractivity contribution >= 4 is 17.8 Å². The fourth-order valence-electron chi connectivity index (χ4n) is 3.41. The van der Waals surface area contributed by atoms with Crippen LogP contribution in [0.5, 0.6) is 0 Å². The molecule has 7 nitrogen and oxygen atoms in total. The Hall–Kier alpha value is -3.16. The highest BCUT2D eigenvalue weighted by molar-refractivity contribution is 5.80. The molecule has 1 aliphatic heterocycles. The first kappa shape index (κ1) is 18.6. The molecule has 1 fully saturated rings. The number of primary amides is 1. The van der Waals surface area contributed by atoms with E-state index in [1.807, 2.05) is 12.1 Å². The van der Waals surface area contributed by atoms with Gasteiger partial charge in [-0.2, -0.15) is 0 Å². The average molecular weight is 372 g/mol. The predicted molar refractivity (Wildman–Crippen MR) is 98.8 cm³/mol. The van der Waals surface area contributed by atoms with Gasteiger partial charge in [-0.05, 0) is 42.7 Å². The minimum Gasteiger partial charge on any atom is -0.465 e. The Morgan fingerprint density at radius 3 is 2.48 bits per heavy atom. The molecule has 2 heterocycles. The summed E-state index contributed by atoms with van der Waals surface area (Å²) < 4.78 is 13.2. The molecule has 0 bridgehead atoms. The number of nitrogens with two attached hydrogens (primary N) is 1. The first-order valence-electron chi connectivity index (χ1n) is 8.69. The summed E-state index contributed by atoms with van der Waals surface area (Å²) in [5.74, 6) is -0.185. The van der Waals surface area contributed by atoms with Gasteiger partial charge in [0.1, 0.15) is 18.2 Å². The first-order valence-corrected chi connectivity index (χ1v) is 8.69. The van der Waals surface area contributed by atoms with Gasteiger partial charge in [0.2, 0.25) is 5.91 Å². The van der Waals surface area contributed by atoms with Gasteiger partial charge in [0.05, 0.1) is 0 Å². The van der Waals surface area contributed by atoms with E-state index in [1.54, 1.807) is 18.3 Å². The number of halogens is 1. The number of carbonyl (C=O) groups excluding carboxylic acids is 1. The van der Waals surface area contributed by atoms with Crippen LogP contribution in [-0.2, 0) is 4.79 Å². The summed E-state index contributed by atoms with van der Waals surface area (Å²) in [5.41, 5.74) is 6.92. The van der Waals surface area contributed by atoms with Crippen LogP contribution < -0.4 is 10.6 Å². The van der Waals surface area contributed by atoms with Crippen LogP contribution in [0, 0.1) is 5.82 Å². The third-order valence-corrected chi connectivity index (χ3v) is 4.72. The Labute approximate surface area is 156 Å². The number of piperidine rings is 1. The molecule has 142 valence electrons. The fourth-order valence-corrected chi connectivity index (χ4v) is 3.41. The van der Waals surface area contributed by atoms with E-state index >= 15 is 0 Å². The molecule has 0 saturated carbocycles. The molecule has 1 aromatic heterocycles. The summed E-state index contributed by atoms with van der Waals surface area (Å²) in [6, 6.07) is 9.74. The number of pyridine rings is 1. The topological polar surface area (TPSA) is 99.8 Å². The maximum atomic E-state index is 13.2. The number of hydrogen-bond donors (Lipinski definition) is 2. The quantitative estimate of drug-likeness (QED) is 0.839. The number of hydrogen-bond acceptors (Lipinski definition) is 4. The second-order valence-corrected chi connectivity index (χ2v) is 6.48. The number of nitrogens with zero attached hydrogens (tertiary/aromatic N) is 3. The van der Waals surface area contributed by atoms with Gasteiger partial charge in [0, 0.05) is 30.9 Å². The van der Waals surface area contributed by atoms with Crippen molar-refractivity contribution in [1.29, 1.82) is 0 Å². The lowest BCUT2D eigenvalue weighted by atomic mass is 10.0. The molecule has 1 aromatic carbocycles. The van der Waals surface area contributed by atoms with Crippen molar-refractivity contribution in [3.8, 4) is 11.1 Å². The van der Waals surface area contributed by atoms with E-state index in [-0.39, 0.29) is 18.4 Å². The highest BCUT2D eigenvalue weighted by atomic mass is 19.1. The predicted octanol–water partition coefficient (Wildman–Crippen LogP) is 2.32. The van der Waals surface area contributed by atoms with Crippen LogP contribution in [0.1, 0.15) is 12.8 Å². The van der Waals surface area contributed by atoms with Crippen molar-refractivity contribution in [3.05, 3.63) is 48.4 Å². The third-order valence-electron chi connectivity index (χ3n) is 4.72. The summed E-state index contributed by atoms with van der Waals surface area (Å²) >= 11 is 0. The zero-order valence-corrected chi connectivity index (χ0v) is 14.7. The molecular formula is C19H21FN4O3. The van der Waals surface area contributed by atoms with E-state index in [2.05, 4.69) is 9.88 Å². The van der Waals surface area contributed by atoms with E-state index < -0.39 is 12.0 Å². The second kappa shape index (κ2) is 8.03. The molecule has 1 saturated heterocycles. The third kappa shape index (κ3) is 4.33. The van der Waals surface area contributed by atoms with Gasteiger partial charge < -0.3 is 15.7 Å². The van der Waals surface area contributed by atoms with Crippen molar-refractivity contribution < 1.29 is 19.1 Å².